The molecule has 0 aliphatic carbocycles. The van der Waals surface area contributed by atoms with Crippen LogP contribution in [-0.4, -0.2) is 39.8 Å². The number of imide groups is 1. The molecule has 3 aliphatic heterocycles. The lowest BCUT2D eigenvalue weighted by Crippen LogP contribution is -2.49. The number of benzene rings is 3. The van der Waals surface area contributed by atoms with Gasteiger partial charge in [-0.25, -0.2) is 27.5 Å². The van der Waals surface area contributed by atoms with Crippen molar-refractivity contribution >= 4 is 29.4 Å². The Kier molecular flexibility index (Phi) is 10.3. The molecular weight excluding hydrogens is 696 g/mol. The number of alkyl halides is 2. The van der Waals surface area contributed by atoms with Crippen molar-refractivity contribution in [3.63, 3.8) is 0 Å². The fourth-order valence-electron chi connectivity index (χ4n) is 8.01. The number of carbonyl (C=O) groups excluding carboxylic acids is 2. The van der Waals surface area contributed by atoms with Crippen LogP contribution in [0.4, 0.5) is 29.1 Å². The van der Waals surface area contributed by atoms with E-state index in [1.165, 1.54) is 23.8 Å². The fourth-order valence-corrected chi connectivity index (χ4v) is 8.01. The van der Waals surface area contributed by atoms with Gasteiger partial charge in [-0.15, -0.1) is 0 Å². The highest BCUT2D eigenvalue weighted by Crippen LogP contribution is 2.38. The zero-order valence-corrected chi connectivity index (χ0v) is 30.9. The van der Waals surface area contributed by atoms with Crippen LogP contribution in [0.5, 0.6) is 0 Å². The second kappa shape index (κ2) is 15.0. The van der Waals surface area contributed by atoms with Crippen molar-refractivity contribution < 1.29 is 27.2 Å². The minimum atomic E-state index is -2.93. The van der Waals surface area contributed by atoms with Crippen LogP contribution in [0.2, 0.25) is 0 Å². The number of amides is 2. The van der Waals surface area contributed by atoms with E-state index in [2.05, 4.69) is 44.6 Å². The van der Waals surface area contributed by atoms with Crippen LogP contribution in [0.3, 0.4) is 0 Å². The molecule has 0 unspecified atom stereocenters. The van der Waals surface area contributed by atoms with E-state index in [4.69, 9.17) is 0 Å². The fraction of sp³-hybridized carbons (Fsp3) is 0.381. The van der Waals surface area contributed by atoms with E-state index in [0.29, 0.717) is 54.7 Å². The average molecular weight is 741 g/mol. The Labute approximate surface area is 312 Å². The molecule has 4 heterocycles. The molecule has 2 N–H and O–H groups in total. The lowest BCUT2D eigenvalue weighted by molar-refractivity contribution is -0.137. The Morgan fingerprint density at radius 3 is 2.48 bits per heavy atom. The molecule has 2 atom stereocenters. The molecule has 4 aromatic rings. The van der Waals surface area contributed by atoms with Crippen molar-refractivity contribution in [3.05, 3.63) is 123 Å². The first-order valence-corrected chi connectivity index (χ1v) is 18.4. The van der Waals surface area contributed by atoms with Crippen molar-refractivity contribution in [1.29, 1.82) is 0 Å². The maximum atomic E-state index is 15.3. The zero-order valence-electron chi connectivity index (χ0n) is 30.9. The summed E-state index contributed by atoms with van der Waals surface area (Å²) >= 11 is 0. The number of anilines is 2. The average Bonchev–Trinajstić information content (AvgIpc) is 3.14. The molecule has 0 saturated carbocycles. The third-order valence-corrected chi connectivity index (χ3v) is 11.3. The topological polar surface area (TPSA) is 90.5 Å². The highest BCUT2D eigenvalue weighted by Gasteiger charge is 2.40. The van der Waals surface area contributed by atoms with Gasteiger partial charge in [0, 0.05) is 41.5 Å². The zero-order chi connectivity index (χ0) is 38.3. The molecule has 2 amide bonds. The SMILES string of the molecule is Cc1nc2c(c(N[C@H](C)c3cccc(C(F)F)c3F)n1)CN(c1ccc(F)c(CN3CCC(c4ccc([C@@]5(C)CCC(=O)NC5=O)cc4C)CC3)c1)C=C2. The molecule has 3 aromatic carbocycles. The predicted octanol–water partition coefficient (Wildman–Crippen LogP) is 8.55. The van der Waals surface area contributed by atoms with Crippen molar-refractivity contribution in [3.8, 4) is 0 Å². The third-order valence-electron chi connectivity index (χ3n) is 11.3. The Balaban J connectivity index is 1.02. The quantitative estimate of drug-likeness (QED) is 0.131. The van der Waals surface area contributed by atoms with Crippen LogP contribution in [0.15, 0.2) is 60.8 Å². The summed E-state index contributed by atoms with van der Waals surface area (Å²) < 4.78 is 57.1. The smallest absolute Gasteiger partial charge is 0.266 e. The van der Waals surface area contributed by atoms with Crippen molar-refractivity contribution in [2.45, 2.75) is 90.3 Å². The van der Waals surface area contributed by atoms with E-state index < -0.39 is 29.3 Å². The van der Waals surface area contributed by atoms with Gasteiger partial charge in [-0.3, -0.25) is 19.8 Å². The minimum Gasteiger partial charge on any atom is -0.363 e. The number of rotatable bonds is 9. The van der Waals surface area contributed by atoms with Gasteiger partial charge in [-0.2, -0.15) is 0 Å². The normalized spacial score (nSPS) is 19.9. The van der Waals surface area contributed by atoms with E-state index in [-0.39, 0.29) is 23.2 Å². The predicted molar refractivity (Wildman–Crippen MR) is 200 cm³/mol. The number of hydrogen-bond donors (Lipinski definition) is 2. The number of piperidine rings is 2. The third kappa shape index (κ3) is 7.36. The number of nitrogens with one attached hydrogen (secondary N) is 2. The largest absolute Gasteiger partial charge is 0.363 e. The molecule has 12 heteroatoms. The van der Waals surface area contributed by atoms with E-state index in [9.17, 15) is 18.4 Å². The molecule has 8 nitrogen and oxygen atoms in total. The van der Waals surface area contributed by atoms with Crippen LogP contribution in [0, 0.1) is 25.5 Å². The van der Waals surface area contributed by atoms with Crippen LogP contribution in [0.1, 0.15) is 108 Å². The van der Waals surface area contributed by atoms with Crippen LogP contribution >= 0.6 is 0 Å². The number of aryl methyl sites for hydroxylation is 2. The second-order valence-corrected chi connectivity index (χ2v) is 15.0. The maximum absolute atomic E-state index is 15.3. The Hall–Kier alpha value is -5.10. The van der Waals surface area contributed by atoms with Crippen LogP contribution in [-0.2, 0) is 28.1 Å². The monoisotopic (exact) mass is 740 g/mol. The molecule has 282 valence electrons. The van der Waals surface area contributed by atoms with Gasteiger partial charge in [0.25, 0.3) is 6.43 Å². The number of halogens is 4. The summed E-state index contributed by atoms with van der Waals surface area (Å²) in [6.07, 6.45) is 3.48. The molecule has 3 aliphatic rings. The highest BCUT2D eigenvalue weighted by atomic mass is 19.3. The Bertz CT molecular complexity index is 2130. The molecule has 2 saturated heterocycles. The minimum absolute atomic E-state index is 0.112. The van der Waals surface area contributed by atoms with Gasteiger partial charge in [0.2, 0.25) is 11.8 Å². The van der Waals surface area contributed by atoms with E-state index >= 15 is 8.78 Å². The van der Waals surface area contributed by atoms with Gasteiger partial charge in [0.05, 0.1) is 29.3 Å². The summed E-state index contributed by atoms with van der Waals surface area (Å²) in [6.45, 7) is 9.86. The molecular formula is C42H44F4N6O2. The molecule has 1 aromatic heterocycles. The summed E-state index contributed by atoms with van der Waals surface area (Å²) in [4.78, 5) is 37.9. The van der Waals surface area contributed by atoms with Crippen molar-refractivity contribution in [1.82, 2.24) is 20.2 Å². The first-order valence-electron chi connectivity index (χ1n) is 18.4. The summed E-state index contributed by atoms with van der Waals surface area (Å²) in [5.74, 6) is -0.368. The van der Waals surface area contributed by atoms with Gasteiger partial charge < -0.3 is 10.2 Å². The van der Waals surface area contributed by atoms with Gasteiger partial charge in [-0.1, -0.05) is 36.4 Å². The lowest BCUT2D eigenvalue weighted by atomic mass is 9.74. The Morgan fingerprint density at radius 1 is 1.00 bits per heavy atom. The van der Waals surface area contributed by atoms with Gasteiger partial charge >= 0.3 is 0 Å². The molecule has 7 rings (SSSR count). The van der Waals surface area contributed by atoms with Gasteiger partial charge in [0.15, 0.2) is 0 Å². The van der Waals surface area contributed by atoms with E-state index in [1.807, 2.05) is 36.2 Å². The Morgan fingerprint density at radius 2 is 1.76 bits per heavy atom. The van der Waals surface area contributed by atoms with Crippen LogP contribution in [0.25, 0.3) is 6.08 Å². The summed E-state index contributed by atoms with van der Waals surface area (Å²) in [7, 11) is 0. The number of fused-ring (bicyclic) bond motifs is 1. The summed E-state index contributed by atoms with van der Waals surface area (Å²) in [5.41, 5.74) is 4.87. The summed E-state index contributed by atoms with van der Waals surface area (Å²) in [6, 6.07) is 14.7. The number of likely N-dealkylation sites (tertiary alicyclic amines) is 1. The molecule has 0 bridgehead atoms. The van der Waals surface area contributed by atoms with Crippen molar-refractivity contribution in [2.24, 2.45) is 0 Å². The van der Waals surface area contributed by atoms with Crippen molar-refractivity contribution in [2.75, 3.05) is 23.3 Å². The molecule has 54 heavy (non-hydrogen) atoms. The first-order chi connectivity index (χ1) is 25.8. The summed E-state index contributed by atoms with van der Waals surface area (Å²) in [5, 5.41) is 5.72. The number of carbonyl (C=O) groups is 2. The molecule has 2 fully saturated rings. The number of aromatic nitrogens is 2. The van der Waals surface area contributed by atoms with E-state index in [0.717, 1.165) is 54.4 Å². The number of nitrogens with zero attached hydrogens (tertiary/aromatic N) is 4. The van der Waals surface area contributed by atoms with Gasteiger partial charge in [-0.05, 0) is 107 Å². The van der Waals surface area contributed by atoms with E-state index in [1.54, 1.807) is 19.9 Å². The highest BCUT2D eigenvalue weighted by molar-refractivity contribution is 6.03. The van der Waals surface area contributed by atoms with Gasteiger partial charge in [0.1, 0.15) is 23.3 Å². The maximum Gasteiger partial charge on any atom is 0.266 e. The lowest BCUT2D eigenvalue weighted by Gasteiger charge is -2.35. The molecule has 0 radical (unpaired) electrons. The first kappa shape index (κ1) is 37.2. The molecule has 0 spiro atoms. The number of hydrogen-bond acceptors (Lipinski definition) is 7. The van der Waals surface area contributed by atoms with Crippen LogP contribution < -0.4 is 15.5 Å². The second-order valence-electron chi connectivity index (χ2n) is 15.0. The standard InChI is InChI=1S/C42H44F4N6O2/c1-24-20-29(42(4)16-12-37(53)50-41(42)54)8-10-31(24)27-13-17-51(18-14-27)22-28-21-30(9-11-35(28)43)52-19-15-36-34(23-52)40(49-26(3)48-36)47-25(2)32-6-5-7-33(38(32)44)39(45)46/h5-11,15,19-21,25,27,39H,12-14,16-18,22-23H2,1-4H3,(H,47,48,49)(H,50,53,54)/t25-,42-/m1/s1.